The van der Waals surface area contributed by atoms with Crippen LogP contribution in [0.5, 0.6) is 5.88 Å². The van der Waals surface area contributed by atoms with Crippen molar-refractivity contribution in [3.8, 4) is 17.0 Å². The molecule has 0 bridgehead atoms. The van der Waals surface area contributed by atoms with Gasteiger partial charge in [-0.2, -0.15) is 0 Å². The molecule has 0 unspecified atom stereocenters. The Hall–Kier alpha value is -3.02. The van der Waals surface area contributed by atoms with Crippen LogP contribution < -0.4 is 10.5 Å². The molecule has 0 fully saturated rings. The van der Waals surface area contributed by atoms with Crippen LogP contribution in [0.25, 0.3) is 11.1 Å². The Morgan fingerprint density at radius 1 is 1.00 bits per heavy atom. The largest absolute Gasteiger partial charge is 0.481 e. The third-order valence-electron chi connectivity index (χ3n) is 5.07. The predicted octanol–water partition coefficient (Wildman–Crippen LogP) is 3.56. The molecule has 0 saturated heterocycles. The number of pyridine rings is 1. The van der Waals surface area contributed by atoms with Crippen molar-refractivity contribution >= 4 is 5.78 Å². The predicted molar refractivity (Wildman–Crippen MR) is 109 cm³/mol. The molecule has 5 nitrogen and oxygen atoms in total. The minimum atomic E-state index is -0.169. The van der Waals surface area contributed by atoms with Crippen LogP contribution in [-0.2, 0) is 13.2 Å². The van der Waals surface area contributed by atoms with Gasteiger partial charge in [-0.15, -0.1) is 0 Å². The van der Waals surface area contributed by atoms with Crippen LogP contribution in [0, 0.1) is 13.8 Å². The number of aliphatic hydroxyl groups excluding tert-OH is 1. The van der Waals surface area contributed by atoms with E-state index in [9.17, 15) is 9.90 Å². The van der Waals surface area contributed by atoms with E-state index in [1.807, 2.05) is 44.2 Å². The molecular formula is C23H24N2O3. The number of carbonyl (C=O) groups excluding carboxylic acids is 1. The van der Waals surface area contributed by atoms with Crippen molar-refractivity contribution in [3.05, 3.63) is 82.0 Å². The number of rotatable bonds is 6. The minimum absolute atomic E-state index is 0.0193. The summed E-state index contributed by atoms with van der Waals surface area (Å²) >= 11 is 0. The van der Waals surface area contributed by atoms with Crippen LogP contribution >= 0.6 is 0 Å². The Labute approximate surface area is 164 Å². The van der Waals surface area contributed by atoms with Gasteiger partial charge in [-0.05, 0) is 47.7 Å². The van der Waals surface area contributed by atoms with E-state index in [2.05, 4.69) is 4.98 Å². The fourth-order valence-corrected chi connectivity index (χ4v) is 3.39. The lowest BCUT2D eigenvalue weighted by atomic mass is 9.90. The molecule has 0 aliphatic carbocycles. The molecule has 0 atom stereocenters. The van der Waals surface area contributed by atoms with Crippen LogP contribution in [0.3, 0.4) is 0 Å². The van der Waals surface area contributed by atoms with Gasteiger partial charge in [0.15, 0.2) is 0 Å². The number of hydrogen-bond acceptors (Lipinski definition) is 5. The zero-order valence-electron chi connectivity index (χ0n) is 16.3. The number of aliphatic hydroxyl groups is 1. The van der Waals surface area contributed by atoms with E-state index in [-0.39, 0.29) is 12.4 Å². The second-order valence-electron chi connectivity index (χ2n) is 6.62. The number of hydrogen-bond donors (Lipinski definition) is 2. The second-order valence-corrected chi connectivity index (χ2v) is 6.62. The average Bonchev–Trinajstić information content (AvgIpc) is 2.73. The number of aromatic nitrogens is 1. The Kier molecular flexibility index (Phi) is 5.87. The Morgan fingerprint density at radius 2 is 1.68 bits per heavy atom. The van der Waals surface area contributed by atoms with Crippen LogP contribution in [0.4, 0.5) is 0 Å². The first-order valence-electron chi connectivity index (χ1n) is 9.09. The Bertz CT molecular complexity index is 1030. The van der Waals surface area contributed by atoms with E-state index in [0.29, 0.717) is 23.7 Å². The smallest absolute Gasteiger partial charge is 0.218 e. The first-order valence-corrected chi connectivity index (χ1v) is 9.09. The zero-order chi connectivity index (χ0) is 20.3. The molecule has 0 aliphatic rings. The summed E-state index contributed by atoms with van der Waals surface area (Å²) in [7, 11) is 1.51. The molecule has 0 spiro atoms. The van der Waals surface area contributed by atoms with Crippen molar-refractivity contribution in [2.45, 2.75) is 27.0 Å². The second kappa shape index (κ2) is 8.33. The molecule has 28 heavy (non-hydrogen) atoms. The summed E-state index contributed by atoms with van der Waals surface area (Å²) in [5, 5.41) is 9.56. The SMILES string of the molecule is COc1nc(C(=O)c2cccc(-c3cccc(CO)c3C)c2C)ccc1CN. The van der Waals surface area contributed by atoms with Crippen LogP contribution in [0.2, 0.25) is 0 Å². The highest BCUT2D eigenvalue weighted by Crippen LogP contribution is 2.31. The number of nitrogens with zero attached hydrogens (tertiary/aromatic N) is 1. The van der Waals surface area contributed by atoms with Crippen molar-refractivity contribution in [1.29, 1.82) is 0 Å². The summed E-state index contributed by atoms with van der Waals surface area (Å²) in [5.74, 6) is 0.200. The number of benzene rings is 2. The lowest BCUT2D eigenvalue weighted by molar-refractivity contribution is 0.103. The highest BCUT2D eigenvalue weighted by Gasteiger charge is 2.18. The molecule has 3 N–H and O–H groups in total. The van der Waals surface area contributed by atoms with Gasteiger partial charge in [0, 0.05) is 17.7 Å². The fourth-order valence-electron chi connectivity index (χ4n) is 3.39. The molecule has 1 heterocycles. The van der Waals surface area contributed by atoms with Crippen LogP contribution in [0.15, 0.2) is 48.5 Å². The maximum absolute atomic E-state index is 13.1. The summed E-state index contributed by atoms with van der Waals surface area (Å²) in [4.78, 5) is 17.5. The van der Waals surface area contributed by atoms with Gasteiger partial charge in [-0.1, -0.05) is 42.5 Å². The van der Waals surface area contributed by atoms with Gasteiger partial charge in [0.1, 0.15) is 5.69 Å². The molecule has 0 radical (unpaired) electrons. The van der Waals surface area contributed by atoms with Crippen molar-refractivity contribution in [1.82, 2.24) is 4.98 Å². The normalized spacial score (nSPS) is 10.8. The molecule has 0 amide bonds. The highest BCUT2D eigenvalue weighted by molar-refractivity contribution is 6.09. The summed E-state index contributed by atoms with van der Waals surface area (Å²) < 4.78 is 5.26. The number of nitrogens with two attached hydrogens (primary N) is 1. The molecular weight excluding hydrogens is 352 g/mol. The van der Waals surface area contributed by atoms with Crippen LogP contribution in [0.1, 0.15) is 38.3 Å². The topological polar surface area (TPSA) is 85.4 Å². The van der Waals surface area contributed by atoms with Gasteiger partial charge >= 0.3 is 0 Å². The molecule has 3 aromatic rings. The lowest BCUT2D eigenvalue weighted by Gasteiger charge is -2.15. The standard InChI is InChI=1S/C23H24N2O3/c1-14-17(13-26)6-4-7-18(14)19-8-5-9-20(15(19)2)22(27)21-11-10-16(12-24)23(25-21)28-3/h4-11,26H,12-13,24H2,1-3H3. The summed E-state index contributed by atoms with van der Waals surface area (Å²) in [6.45, 7) is 4.18. The van der Waals surface area contributed by atoms with E-state index >= 15 is 0 Å². The first-order chi connectivity index (χ1) is 13.5. The molecule has 5 heteroatoms. The number of methoxy groups -OCH3 is 1. The van der Waals surface area contributed by atoms with Gasteiger partial charge in [-0.3, -0.25) is 4.79 Å². The molecule has 0 saturated carbocycles. The van der Waals surface area contributed by atoms with Gasteiger partial charge in [-0.25, -0.2) is 4.98 Å². The minimum Gasteiger partial charge on any atom is -0.481 e. The van der Waals surface area contributed by atoms with Gasteiger partial charge in [0.25, 0.3) is 0 Å². The average molecular weight is 376 g/mol. The van der Waals surface area contributed by atoms with E-state index in [1.165, 1.54) is 7.11 Å². The van der Waals surface area contributed by atoms with Crippen molar-refractivity contribution in [2.75, 3.05) is 7.11 Å². The third-order valence-corrected chi connectivity index (χ3v) is 5.07. The van der Waals surface area contributed by atoms with Crippen LogP contribution in [-0.4, -0.2) is 23.0 Å². The van der Waals surface area contributed by atoms with Crippen molar-refractivity contribution < 1.29 is 14.6 Å². The van der Waals surface area contributed by atoms with E-state index < -0.39 is 0 Å². The first kappa shape index (κ1) is 19.7. The summed E-state index contributed by atoms with van der Waals surface area (Å²) in [6.07, 6.45) is 0. The number of ether oxygens (including phenoxy) is 1. The van der Waals surface area contributed by atoms with E-state index in [0.717, 1.165) is 33.4 Å². The molecule has 0 aliphatic heterocycles. The number of ketones is 1. The quantitative estimate of drug-likeness (QED) is 0.643. The fraction of sp³-hybridized carbons (Fsp3) is 0.217. The Balaban J connectivity index is 2.08. The molecule has 1 aromatic heterocycles. The monoisotopic (exact) mass is 376 g/mol. The maximum Gasteiger partial charge on any atom is 0.218 e. The summed E-state index contributed by atoms with van der Waals surface area (Å²) in [5.41, 5.74) is 12.0. The molecule has 3 rings (SSSR count). The summed E-state index contributed by atoms with van der Waals surface area (Å²) in [6, 6.07) is 14.9. The maximum atomic E-state index is 13.1. The Morgan fingerprint density at radius 3 is 2.32 bits per heavy atom. The highest BCUT2D eigenvalue weighted by atomic mass is 16.5. The van der Waals surface area contributed by atoms with E-state index in [4.69, 9.17) is 10.5 Å². The number of carbonyl (C=O) groups is 1. The molecule has 2 aromatic carbocycles. The van der Waals surface area contributed by atoms with Crippen molar-refractivity contribution in [2.24, 2.45) is 5.73 Å². The van der Waals surface area contributed by atoms with E-state index in [1.54, 1.807) is 18.2 Å². The third kappa shape index (κ3) is 3.54. The van der Waals surface area contributed by atoms with Crippen molar-refractivity contribution in [3.63, 3.8) is 0 Å². The van der Waals surface area contributed by atoms with Gasteiger partial charge < -0.3 is 15.6 Å². The van der Waals surface area contributed by atoms with Gasteiger partial charge in [0.2, 0.25) is 11.7 Å². The zero-order valence-corrected chi connectivity index (χ0v) is 16.3. The van der Waals surface area contributed by atoms with Gasteiger partial charge in [0.05, 0.1) is 13.7 Å². The lowest BCUT2D eigenvalue weighted by Crippen LogP contribution is -2.10. The molecule has 144 valence electrons.